The second kappa shape index (κ2) is 7.79. The first-order valence-electron chi connectivity index (χ1n) is 6.24. The van der Waals surface area contributed by atoms with Crippen LogP contribution in [0.5, 0.6) is 0 Å². The number of esters is 1. The Balaban J connectivity index is 2.40. The Morgan fingerprint density at radius 1 is 1.37 bits per heavy atom. The SMILES string of the molecule is CCOC(=O)C(C)NC(=O)CCc1ccccc1Cl. The van der Waals surface area contributed by atoms with Crippen molar-refractivity contribution in [3.8, 4) is 0 Å². The second-order valence-electron chi connectivity index (χ2n) is 4.13. The van der Waals surface area contributed by atoms with Gasteiger partial charge in [-0.3, -0.25) is 4.79 Å². The van der Waals surface area contributed by atoms with Crippen LogP contribution in [0.2, 0.25) is 5.02 Å². The second-order valence-corrected chi connectivity index (χ2v) is 4.54. The van der Waals surface area contributed by atoms with E-state index in [0.29, 0.717) is 18.1 Å². The van der Waals surface area contributed by atoms with Crippen molar-refractivity contribution in [2.45, 2.75) is 32.7 Å². The monoisotopic (exact) mass is 283 g/mol. The molecule has 1 rings (SSSR count). The highest BCUT2D eigenvalue weighted by Crippen LogP contribution is 2.16. The maximum absolute atomic E-state index is 11.7. The van der Waals surface area contributed by atoms with Crippen LogP contribution < -0.4 is 5.32 Å². The van der Waals surface area contributed by atoms with Crippen molar-refractivity contribution >= 4 is 23.5 Å². The predicted molar refractivity (Wildman–Crippen MR) is 74.0 cm³/mol. The first-order chi connectivity index (χ1) is 9.04. The van der Waals surface area contributed by atoms with Gasteiger partial charge >= 0.3 is 5.97 Å². The molecule has 1 N–H and O–H groups in total. The molecule has 0 heterocycles. The van der Waals surface area contributed by atoms with E-state index in [1.54, 1.807) is 19.9 Å². The normalized spacial score (nSPS) is 11.7. The van der Waals surface area contributed by atoms with Gasteiger partial charge in [0, 0.05) is 11.4 Å². The van der Waals surface area contributed by atoms with E-state index in [4.69, 9.17) is 16.3 Å². The van der Waals surface area contributed by atoms with Crippen LogP contribution in [0.1, 0.15) is 25.8 Å². The molecule has 0 bridgehead atoms. The van der Waals surface area contributed by atoms with E-state index in [1.165, 1.54) is 0 Å². The summed E-state index contributed by atoms with van der Waals surface area (Å²) >= 11 is 6.00. The summed E-state index contributed by atoms with van der Waals surface area (Å²) in [6.07, 6.45) is 0.828. The molecule has 0 spiro atoms. The van der Waals surface area contributed by atoms with Crippen LogP contribution in [0.4, 0.5) is 0 Å². The summed E-state index contributed by atoms with van der Waals surface area (Å²) < 4.78 is 4.81. The van der Waals surface area contributed by atoms with Gasteiger partial charge in [0.1, 0.15) is 6.04 Å². The molecule has 0 aliphatic heterocycles. The van der Waals surface area contributed by atoms with Crippen molar-refractivity contribution in [2.24, 2.45) is 0 Å². The lowest BCUT2D eigenvalue weighted by atomic mass is 10.1. The fourth-order valence-corrected chi connectivity index (χ4v) is 1.82. The van der Waals surface area contributed by atoms with Gasteiger partial charge in [-0.1, -0.05) is 29.8 Å². The van der Waals surface area contributed by atoms with Crippen molar-refractivity contribution in [2.75, 3.05) is 6.61 Å². The van der Waals surface area contributed by atoms with Gasteiger partial charge in [-0.2, -0.15) is 0 Å². The van der Waals surface area contributed by atoms with Crippen molar-refractivity contribution in [3.05, 3.63) is 34.9 Å². The molecule has 19 heavy (non-hydrogen) atoms. The molecule has 104 valence electrons. The minimum atomic E-state index is -0.626. The minimum Gasteiger partial charge on any atom is -0.464 e. The number of ether oxygens (including phenoxy) is 1. The number of halogens is 1. The van der Waals surface area contributed by atoms with E-state index in [2.05, 4.69) is 5.32 Å². The number of nitrogens with one attached hydrogen (secondary N) is 1. The Morgan fingerprint density at radius 2 is 2.05 bits per heavy atom. The average Bonchev–Trinajstić information content (AvgIpc) is 2.38. The van der Waals surface area contributed by atoms with Gasteiger partial charge in [0.25, 0.3) is 0 Å². The van der Waals surface area contributed by atoms with E-state index in [1.807, 2.05) is 18.2 Å². The van der Waals surface area contributed by atoms with E-state index < -0.39 is 12.0 Å². The lowest BCUT2D eigenvalue weighted by Gasteiger charge is -2.12. The third kappa shape index (κ3) is 5.30. The minimum absolute atomic E-state index is 0.194. The van der Waals surface area contributed by atoms with Crippen LogP contribution >= 0.6 is 11.6 Å². The van der Waals surface area contributed by atoms with E-state index in [9.17, 15) is 9.59 Å². The van der Waals surface area contributed by atoms with Gasteiger partial charge in [0.2, 0.25) is 5.91 Å². The van der Waals surface area contributed by atoms with E-state index in [0.717, 1.165) is 5.56 Å². The van der Waals surface area contributed by atoms with Crippen LogP contribution in [0.25, 0.3) is 0 Å². The number of aryl methyl sites for hydroxylation is 1. The zero-order chi connectivity index (χ0) is 14.3. The van der Waals surface area contributed by atoms with Crippen molar-refractivity contribution in [1.29, 1.82) is 0 Å². The third-order valence-corrected chi connectivity index (χ3v) is 2.97. The Labute approximate surface area is 118 Å². The van der Waals surface area contributed by atoms with E-state index in [-0.39, 0.29) is 12.3 Å². The van der Waals surface area contributed by atoms with Gasteiger partial charge in [0.05, 0.1) is 6.61 Å². The van der Waals surface area contributed by atoms with Crippen molar-refractivity contribution in [1.82, 2.24) is 5.32 Å². The zero-order valence-electron chi connectivity index (χ0n) is 11.1. The van der Waals surface area contributed by atoms with Gasteiger partial charge in [-0.05, 0) is 31.9 Å². The first-order valence-corrected chi connectivity index (χ1v) is 6.61. The summed E-state index contributed by atoms with van der Waals surface area (Å²) in [5.41, 5.74) is 0.920. The molecule has 1 aromatic carbocycles. The fraction of sp³-hybridized carbons (Fsp3) is 0.429. The summed E-state index contributed by atoms with van der Waals surface area (Å²) in [5.74, 6) is -0.617. The Kier molecular flexibility index (Phi) is 6.36. The molecule has 0 aromatic heterocycles. The Morgan fingerprint density at radius 3 is 2.68 bits per heavy atom. The molecular formula is C14H18ClNO3. The number of carbonyl (C=O) groups excluding carboxylic acids is 2. The number of hydrogen-bond donors (Lipinski definition) is 1. The van der Waals surface area contributed by atoms with Crippen LogP contribution in [0, 0.1) is 0 Å². The van der Waals surface area contributed by atoms with Crippen LogP contribution in [-0.2, 0) is 20.7 Å². The smallest absolute Gasteiger partial charge is 0.328 e. The number of amides is 1. The van der Waals surface area contributed by atoms with Gasteiger partial charge in [-0.25, -0.2) is 4.79 Å². The maximum Gasteiger partial charge on any atom is 0.328 e. The predicted octanol–water partition coefficient (Wildman–Crippen LogP) is 2.34. The summed E-state index contributed by atoms with van der Waals surface area (Å²) in [6.45, 7) is 3.63. The highest BCUT2D eigenvalue weighted by atomic mass is 35.5. The molecule has 1 atom stereocenters. The van der Waals surface area contributed by atoms with Gasteiger partial charge < -0.3 is 10.1 Å². The summed E-state index contributed by atoms with van der Waals surface area (Å²) in [7, 11) is 0. The van der Waals surface area contributed by atoms with E-state index >= 15 is 0 Å². The molecule has 0 saturated heterocycles. The van der Waals surface area contributed by atoms with Crippen molar-refractivity contribution < 1.29 is 14.3 Å². The maximum atomic E-state index is 11.7. The molecule has 1 unspecified atom stereocenters. The molecular weight excluding hydrogens is 266 g/mol. The highest BCUT2D eigenvalue weighted by molar-refractivity contribution is 6.31. The molecule has 0 saturated carbocycles. The van der Waals surface area contributed by atoms with Crippen molar-refractivity contribution in [3.63, 3.8) is 0 Å². The molecule has 0 radical (unpaired) electrons. The molecule has 5 heteroatoms. The number of hydrogen-bond acceptors (Lipinski definition) is 3. The molecule has 0 aliphatic carbocycles. The Hall–Kier alpha value is -1.55. The molecule has 1 aromatic rings. The lowest BCUT2D eigenvalue weighted by molar-refractivity contribution is -0.146. The fourth-order valence-electron chi connectivity index (χ4n) is 1.59. The third-order valence-electron chi connectivity index (χ3n) is 2.60. The largest absolute Gasteiger partial charge is 0.464 e. The lowest BCUT2D eigenvalue weighted by Crippen LogP contribution is -2.39. The Bertz CT molecular complexity index is 448. The van der Waals surface area contributed by atoms with Crippen LogP contribution in [0.3, 0.4) is 0 Å². The number of rotatable bonds is 6. The molecule has 4 nitrogen and oxygen atoms in total. The molecule has 0 fully saturated rings. The summed E-state index contributed by atoms with van der Waals surface area (Å²) in [4.78, 5) is 23.0. The zero-order valence-corrected chi connectivity index (χ0v) is 11.9. The number of benzene rings is 1. The quantitative estimate of drug-likeness (QED) is 0.815. The number of carbonyl (C=O) groups is 2. The van der Waals surface area contributed by atoms with Gasteiger partial charge in [-0.15, -0.1) is 0 Å². The summed E-state index contributed by atoms with van der Waals surface area (Å²) in [6, 6.07) is 6.76. The molecule has 0 aliphatic rings. The van der Waals surface area contributed by atoms with Crippen LogP contribution in [0.15, 0.2) is 24.3 Å². The average molecular weight is 284 g/mol. The topological polar surface area (TPSA) is 55.4 Å². The first kappa shape index (κ1) is 15.5. The van der Waals surface area contributed by atoms with Gasteiger partial charge in [0.15, 0.2) is 0 Å². The standard InChI is InChI=1S/C14H18ClNO3/c1-3-19-14(18)10(2)16-13(17)9-8-11-6-4-5-7-12(11)15/h4-7,10H,3,8-9H2,1-2H3,(H,16,17). The van der Waals surface area contributed by atoms with Crippen LogP contribution in [-0.4, -0.2) is 24.5 Å². The highest BCUT2D eigenvalue weighted by Gasteiger charge is 2.16. The summed E-state index contributed by atoms with van der Waals surface area (Å²) in [5, 5.41) is 3.24. The molecule has 1 amide bonds.